The van der Waals surface area contributed by atoms with Crippen molar-refractivity contribution < 1.29 is 9.53 Å². The van der Waals surface area contributed by atoms with E-state index in [2.05, 4.69) is 33.0 Å². The van der Waals surface area contributed by atoms with E-state index in [-0.39, 0.29) is 12.0 Å². The minimum absolute atomic E-state index is 0.122. The Morgan fingerprint density at radius 2 is 2.24 bits per heavy atom. The molecular formula is C15H16IN3O2. The molecule has 1 atom stereocenters. The molecule has 1 fully saturated rings. The summed E-state index contributed by atoms with van der Waals surface area (Å²) in [5, 5.41) is 7.12. The van der Waals surface area contributed by atoms with Gasteiger partial charge in [0.1, 0.15) is 0 Å². The summed E-state index contributed by atoms with van der Waals surface area (Å²) in [6.07, 6.45) is 5.93. The van der Waals surface area contributed by atoms with Crippen molar-refractivity contribution in [1.82, 2.24) is 9.78 Å². The maximum atomic E-state index is 12.1. The Balaban J connectivity index is 1.61. The lowest BCUT2D eigenvalue weighted by molar-refractivity contribution is 0.0940. The summed E-state index contributed by atoms with van der Waals surface area (Å²) in [6.45, 7) is 1.57. The highest BCUT2D eigenvalue weighted by molar-refractivity contribution is 14.1. The predicted octanol–water partition coefficient (Wildman–Crippen LogP) is 2.92. The minimum Gasteiger partial charge on any atom is -0.376 e. The zero-order valence-corrected chi connectivity index (χ0v) is 13.6. The SMILES string of the molecule is O=C(Nc1cnn(CC2CCCO2)c1)c1ccc(I)cc1. The fourth-order valence-electron chi connectivity index (χ4n) is 2.33. The van der Waals surface area contributed by atoms with Crippen LogP contribution < -0.4 is 5.32 Å². The van der Waals surface area contributed by atoms with Gasteiger partial charge in [-0.2, -0.15) is 5.10 Å². The van der Waals surface area contributed by atoms with Crippen LogP contribution in [0.3, 0.4) is 0 Å². The summed E-state index contributed by atoms with van der Waals surface area (Å²) in [5.74, 6) is -0.122. The topological polar surface area (TPSA) is 56.2 Å². The van der Waals surface area contributed by atoms with E-state index in [1.165, 1.54) is 0 Å². The van der Waals surface area contributed by atoms with Crippen LogP contribution in [-0.2, 0) is 11.3 Å². The zero-order valence-electron chi connectivity index (χ0n) is 11.5. The molecule has 0 bridgehead atoms. The first-order valence-electron chi connectivity index (χ1n) is 6.92. The summed E-state index contributed by atoms with van der Waals surface area (Å²) in [6, 6.07) is 7.45. The van der Waals surface area contributed by atoms with Gasteiger partial charge in [0, 0.05) is 21.9 Å². The summed E-state index contributed by atoms with van der Waals surface area (Å²) in [4.78, 5) is 12.1. The number of nitrogens with one attached hydrogen (secondary N) is 1. The molecule has 2 heterocycles. The highest BCUT2D eigenvalue weighted by Crippen LogP contribution is 2.15. The number of halogens is 1. The van der Waals surface area contributed by atoms with Crippen molar-refractivity contribution in [3.05, 3.63) is 45.8 Å². The van der Waals surface area contributed by atoms with E-state index < -0.39 is 0 Å². The van der Waals surface area contributed by atoms with Crippen LogP contribution in [0.25, 0.3) is 0 Å². The molecule has 1 saturated heterocycles. The van der Waals surface area contributed by atoms with E-state index in [9.17, 15) is 4.79 Å². The number of aromatic nitrogens is 2. The molecule has 0 aliphatic carbocycles. The zero-order chi connectivity index (χ0) is 14.7. The highest BCUT2D eigenvalue weighted by Gasteiger charge is 2.16. The molecule has 0 radical (unpaired) electrons. The summed E-state index contributed by atoms with van der Waals surface area (Å²) >= 11 is 2.21. The number of ether oxygens (including phenoxy) is 1. The van der Waals surface area contributed by atoms with Crippen molar-refractivity contribution in [3.8, 4) is 0 Å². The second-order valence-corrected chi connectivity index (χ2v) is 6.29. The van der Waals surface area contributed by atoms with E-state index in [4.69, 9.17) is 4.74 Å². The van der Waals surface area contributed by atoms with Gasteiger partial charge in [0.2, 0.25) is 0 Å². The molecule has 1 aromatic carbocycles. The number of nitrogens with zero attached hydrogens (tertiary/aromatic N) is 2. The lowest BCUT2D eigenvalue weighted by Gasteiger charge is -2.08. The first-order chi connectivity index (χ1) is 10.2. The molecule has 1 amide bonds. The smallest absolute Gasteiger partial charge is 0.255 e. The molecule has 5 nitrogen and oxygen atoms in total. The number of hydrogen-bond acceptors (Lipinski definition) is 3. The highest BCUT2D eigenvalue weighted by atomic mass is 127. The Kier molecular flexibility index (Phi) is 4.54. The van der Waals surface area contributed by atoms with Gasteiger partial charge in [-0.25, -0.2) is 0 Å². The van der Waals surface area contributed by atoms with Crippen LogP contribution in [0.5, 0.6) is 0 Å². The standard InChI is InChI=1S/C15H16IN3O2/c16-12-5-3-11(4-6-12)15(20)18-13-8-17-19(9-13)10-14-2-1-7-21-14/h3-6,8-9,14H,1-2,7,10H2,(H,18,20). The second-order valence-electron chi connectivity index (χ2n) is 5.05. The van der Waals surface area contributed by atoms with Gasteiger partial charge < -0.3 is 10.1 Å². The van der Waals surface area contributed by atoms with Gasteiger partial charge >= 0.3 is 0 Å². The Hall–Kier alpha value is -1.41. The third-order valence-corrected chi connectivity index (χ3v) is 4.13. The van der Waals surface area contributed by atoms with Gasteiger partial charge in [-0.3, -0.25) is 9.48 Å². The molecule has 0 spiro atoms. The lowest BCUT2D eigenvalue weighted by atomic mass is 10.2. The maximum absolute atomic E-state index is 12.1. The number of amides is 1. The molecule has 21 heavy (non-hydrogen) atoms. The molecule has 110 valence electrons. The van der Waals surface area contributed by atoms with Crippen LogP contribution in [0.1, 0.15) is 23.2 Å². The fourth-order valence-corrected chi connectivity index (χ4v) is 2.69. The molecule has 6 heteroatoms. The van der Waals surface area contributed by atoms with Gasteiger partial charge in [0.15, 0.2) is 0 Å². The Bertz CT molecular complexity index is 618. The predicted molar refractivity (Wildman–Crippen MR) is 88.3 cm³/mol. The summed E-state index contributed by atoms with van der Waals surface area (Å²) in [5.41, 5.74) is 1.35. The molecule has 1 unspecified atom stereocenters. The first-order valence-corrected chi connectivity index (χ1v) is 7.99. The number of carbonyl (C=O) groups is 1. The van der Waals surface area contributed by atoms with E-state index in [0.717, 1.165) is 29.6 Å². The number of carbonyl (C=O) groups excluding carboxylic acids is 1. The van der Waals surface area contributed by atoms with Crippen molar-refractivity contribution in [2.75, 3.05) is 11.9 Å². The van der Waals surface area contributed by atoms with Crippen LogP contribution >= 0.6 is 22.6 Å². The third kappa shape index (κ3) is 3.82. The summed E-state index contributed by atoms with van der Waals surface area (Å²) < 4.78 is 8.50. The van der Waals surface area contributed by atoms with Crippen LogP contribution in [0.15, 0.2) is 36.7 Å². The third-order valence-electron chi connectivity index (χ3n) is 3.41. The van der Waals surface area contributed by atoms with Gasteiger partial charge in [0.05, 0.1) is 24.5 Å². The quantitative estimate of drug-likeness (QED) is 0.808. The maximum Gasteiger partial charge on any atom is 0.255 e. The monoisotopic (exact) mass is 397 g/mol. The molecule has 0 saturated carbocycles. The molecular weight excluding hydrogens is 381 g/mol. The van der Waals surface area contributed by atoms with E-state index in [0.29, 0.717) is 11.3 Å². The van der Waals surface area contributed by atoms with E-state index >= 15 is 0 Å². The van der Waals surface area contributed by atoms with Crippen molar-refractivity contribution >= 4 is 34.2 Å². The van der Waals surface area contributed by atoms with Gasteiger partial charge in [0.25, 0.3) is 5.91 Å². The van der Waals surface area contributed by atoms with Crippen LogP contribution in [0.2, 0.25) is 0 Å². The van der Waals surface area contributed by atoms with E-state index in [1.54, 1.807) is 6.20 Å². The second kappa shape index (κ2) is 6.57. The molecule has 1 N–H and O–H groups in total. The molecule has 3 rings (SSSR count). The van der Waals surface area contributed by atoms with Crippen LogP contribution in [0.4, 0.5) is 5.69 Å². The Labute approximate surface area is 136 Å². The fraction of sp³-hybridized carbons (Fsp3) is 0.333. The average molecular weight is 397 g/mol. The molecule has 1 aromatic heterocycles. The van der Waals surface area contributed by atoms with Crippen LogP contribution in [-0.4, -0.2) is 28.4 Å². The number of benzene rings is 1. The number of rotatable bonds is 4. The summed E-state index contributed by atoms with van der Waals surface area (Å²) in [7, 11) is 0. The lowest BCUT2D eigenvalue weighted by Crippen LogP contribution is -2.15. The van der Waals surface area contributed by atoms with Gasteiger partial charge in [-0.1, -0.05) is 0 Å². The number of hydrogen-bond donors (Lipinski definition) is 1. The Morgan fingerprint density at radius 1 is 1.43 bits per heavy atom. The van der Waals surface area contributed by atoms with Crippen LogP contribution in [0, 0.1) is 3.57 Å². The normalized spacial score (nSPS) is 17.9. The first kappa shape index (κ1) is 14.5. The van der Waals surface area contributed by atoms with E-state index in [1.807, 2.05) is 35.1 Å². The van der Waals surface area contributed by atoms with Crippen molar-refractivity contribution in [2.24, 2.45) is 0 Å². The molecule has 2 aromatic rings. The van der Waals surface area contributed by atoms with Gasteiger partial charge in [-0.15, -0.1) is 0 Å². The molecule has 1 aliphatic heterocycles. The largest absolute Gasteiger partial charge is 0.376 e. The van der Waals surface area contributed by atoms with Crippen molar-refractivity contribution in [2.45, 2.75) is 25.5 Å². The average Bonchev–Trinajstić information content (AvgIpc) is 3.12. The number of anilines is 1. The minimum atomic E-state index is -0.122. The molecule has 1 aliphatic rings. The van der Waals surface area contributed by atoms with Crippen molar-refractivity contribution in [3.63, 3.8) is 0 Å². The van der Waals surface area contributed by atoms with Gasteiger partial charge in [-0.05, 0) is 59.7 Å². The Morgan fingerprint density at radius 3 is 2.95 bits per heavy atom. The van der Waals surface area contributed by atoms with Crippen molar-refractivity contribution in [1.29, 1.82) is 0 Å².